The Balaban J connectivity index is 0.000000207. The minimum atomic E-state index is 0. The maximum Gasteiger partial charge on any atom is -0.0146 e. The van der Waals surface area contributed by atoms with E-state index in [0.717, 1.165) is 0 Å². The number of benzene rings is 5. The van der Waals surface area contributed by atoms with Crippen molar-refractivity contribution in [3.8, 4) is 0 Å². The molecule has 0 fully saturated rings. The van der Waals surface area contributed by atoms with Crippen LogP contribution in [-0.2, 0) is 0 Å². The second kappa shape index (κ2) is 9.59. The molecule has 0 saturated heterocycles. The lowest BCUT2D eigenvalue weighted by Crippen LogP contribution is -1.83. The Labute approximate surface area is 182 Å². The Hall–Kier alpha value is -3.12. The maximum atomic E-state index is 2.30. The summed E-state index contributed by atoms with van der Waals surface area (Å²) in [6.45, 7) is 8.66. The van der Waals surface area contributed by atoms with Gasteiger partial charge in [0.05, 0.1) is 0 Å². The van der Waals surface area contributed by atoms with Gasteiger partial charge in [0.15, 0.2) is 0 Å². The molecule has 0 spiro atoms. The molecule has 0 atom stereocenters. The number of aryl methyl sites for hydroxylation is 4. The Morgan fingerprint density at radius 3 is 1.03 bits per heavy atom. The third kappa shape index (κ3) is 4.39. The number of fused-ring (bicyclic) bond motifs is 3. The fourth-order valence-corrected chi connectivity index (χ4v) is 3.92. The summed E-state index contributed by atoms with van der Waals surface area (Å²) >= 11 is 0. The van der Waals surface area contributed by atoms with Gasteiger partial charge in [-0.25, -0.2) is 0 Å². The van der Waals surface area contributed by atoms with Crippen LogP contribution in [0.1, 0.15) is 37.1 Å². The molecule has 0 aliphatic rings. The smallest absolute Gasteiger partial charge is 0.0146 e. The lowest BCUT2D eigenvalue weighted by atomic mass is 9.97. The zero-order chi connectivity index (χ0) is 19.7. The van der Waals surface area contributed by atoms with Gasteiger partial charge in [-0.3, -0.25) is 0 Å². The standard InChI is InChI=1S/C16H14.C12H12.2CH4/c1-11-7-8-12(2)16-10-14-6-4-3-5-13(14)9-15(11)16;1-9-7-8-10(2)12-6-4-3-5-11(9)12;;/h3-10H,1-2H3;3-8H,1-2H3;2*1H4. The summed E-state index contributed by atoms with van der Waals surface area (Å²) in [7, 11) is 0. The molecular weight excluding hydrogens is 360 g/mol. The van der Waals surface area contributed by atoms with Crippen LogP contribution >= 0.6 is 0 Å². The third-order valence-electron chi connectivity index (χ3n) is 5.68. The molecule has 0 heterocycles. The van der Waals surface area contributed by atoms with Gasteiger partial charge in [0, 0.05) is 0 Å². The van der Waals surface area contributed by atoms with E-state index in [0.29, 0.717) is 0 Å². The second-order valence-electron chi connectivity index (χ2n) is 7.69. The maximum absolute atomic E-state index is 2.30. The van der Waals surface area contributed by atoms with Gasteiger partial charge in [0.25, 0.3) is 0 Å². The summed E-state index contributed by atoms with van der Waals surface area (Å²) in [4.78, 5) is 0. The van der Waals surface area contributed by atoms with Gasteiger partial charge in [0.1, 0.15) is 0 Å². The highest BCUT2D eigenvalue weighted by Crippen LogP contribution is 2.27. The lowest BCUT2D eigenvalue weighted by Gasteiger charge is -2.07. The number of rotatable bonds is 0. The van der Waals surface area contributed by atoms with Gasteiger partial charge in [-0.15, -0.1) is 0 Å². The van der Waals surface area contributed by atoms with Crippen molar-refractivity contribution in [2.75, 3.05) is 0 Å². The first-order valence-electron chi connectivity index (χ1n) is 9.88. The van der Waals surface area contributed by atoms with Gasteiger partial charge >= 0.3 is 0 Å². The number of hydrogen-bond donors (Lipinski definition) is 0. The van der Waals surface area contributed by atoms with Crippen LogP contribution in [0.25, 0.3) is 32.3 Å². The van der Waals surface area contributed by atoms with Gasteiger partial charge in [0.2, 0.25) is 0 Å². The fourth-order valence-electron chi connectivity index (χ4n) is 3.92. The highest BCUT2D eigenvalue weighted by Gasteiger charge is 2.02. The molecular formula is C30H34. The summed E-state index contributed by atoms with van der Waals surface area (Å²) in [5.74, 6) is 0. The molecule has 0 heteroatoms. The van der Waals surface area contributed by atoms with Gasteiger partial charge in [-0.1, -0.05) is 87.6 Å². The Morgan fingerprint density at radius 2 is 0.667 bits per heavy atom. The molecule has 5 rings (SSSR count). The first-order chi connectivity index (χ1) is 13.5. The molecule has 0 aromatic heterocycles. The van der Waals surface area contributed by atoms with Crippen LogP contribution in [0.2, 0.25) is 0 Å². The van der Waals surface area contributed by atoms with E-state index >= 15 is 0 Å². The summed E-state index contributed by atoms with van der Waals surface area (Å²) < 4.78 is 0. The largest absolute Gasteiger partial charge is 0.0776 e. The van der Waals surface area contributed by atoms with Gasteiger partial charge < -0.3 is 0 Å². The van der Waals surface area contributed by atoms with Crippen molar-refractivity contribution in [3.63, 3.8) is 0 Å². The van der Waals surface area contributed by atoms with E-state index in [-0.39, 0.29) is 14.9 Å². The second-order valence-corrected chi connectivity index (χ2v) is 7.69. The summed E-state index contributed by atoms with van der Waals surface area (Å²) in [5, 5.41) is 8.14. The Morgan fingerprint density at radius 1 is 0.367 bits per heavy atom. The Bertz CT molecular complexity index is 1190. The van der Waals surface area contributed by atoms with Crippen molar-refractivity contribution in [1.29, 1.82) is 0 Å². The summed E-state index contributed by atoms with van der Waals surface area (Å²) in [5.41, 5.74) is 5.42. The van der Waals surface area contributed by atoms with Crippen molar-refractivity contribution in [2.45, 2.75) is 42.5 Å². The average molecular weight is 395 g/mol. The van der Waals surface area contributed by atoms with Crippen molar-refractivity contribution >= 4 is 32.3 Å². The molecule has 5 aromatic rings. The third-order valence-corrected chi connectivity index (χ3v) is 5.68. The first kappa shape index (κ1) is 23.2. The summed E-state index contributed by atoms with van der Waals surface area (Å²) in [6.07, 6.45) is 0. The Kier molecular flexibility index (Phi) is 7.40. The topological polar surface area (TPSA) is 0 Å². The molecule has 154 valence electrons. The summed E-state index contributed by atoms with van der Waals surface area (Å²) in [6, 6.07) is 30.4. The monoisotopic (exact) mass is 394 g/mol. The molecule has 0 radical (unpaired) electrons. The molecule has 0 aliphatic carbocycles. The van der Waals surface area contributed by atoms with E-state index in [2.05, 4.69) is 113 Å². The molecule has 0 aliphatic heterocycles. The molecule has 0 N–H and O–H groups in total. The average Bonchev–Trinajstić information content (AvgIpc) is 2.73. The fraction of sp³-hybridized carbons (Fsp3) is 0.200. The van der Waals surface area contributed by atoms with E-state index in [9.17, 15) is 0 Å². The van der Waals surface area contributed by atoms with Crippen molar-refractivity contribution < 1.29 is 0 Å². The predicted octanol–water partition coefficient (Wildman–Crippen LogP) is 9.34. The van der Waals surface area contributed by atoms with Crippen LogP contribution in [0.4, 0.5) is 0 Å². The molecule has 0 unspecified atom stereocenters. The van der Waals surface area contributed by atoms with E-state index in [1.807, 2.05) is 0 Å². The zero-order valence-corrected chi connectivity index (χ0v) is 17.1. The first-order valence-corrected chi connectivity index (χ1v) is 9.88. The lowest BCUT2D eigenvalue weighted by molar-refractivity contribution is 1.46. The van der Waals surface area contributed by atoms with E-state index < -0.39 is 0 Å². The van der Waals surface area contributed by atoms with Crippen LogP contribution in [0.15, 0.2) is 84.9 Å². The quantitative estimate of drug-likeness (QED) is 0.229. The molecule has 0 nitrogen and oxygen atoms in total. The molecule has 0 saturated carbocycles. The highest BCUT2D eigenvalue weighted by molar-refractivity contribution is 6.00. The van der Waals surface area contributed by atoms with E-state index in [4.69, 9.17) is 0 Å². The minimum absolute atomic E-state index is 0. The zero-order valence-electron chi connectivity index (χ0n) is 17.1. The van der Waals surface area contributed by atoms with Crippen molar-refractivity contribution in [1.82, 2.24) is 0 Å². The van der Waals surface area contributed by atoms with Crippen LogP contribution in [0.3, 0.4) is 0 Å². The van der Waals surface area contributed by atoms with Crippen LogP contribution < -0.4 is 0 Å². The van der Waals surface area contributed by atoms with Crippen LogP contribution in [0, 0.1) is 27.7 Å². The van der Waals surface area contributed by atoms with Gasteiger partial charge in [-0.05, 0) is 94.4 Å². The molecule has 30 heavy (non-hydrogen) atoms. The minimum Gasteiger partial charge on any atom is -0.0776 e. The highest BCUT2D eigenvalue weighted by atomic mass is 14.1. The number of hydrogen-bond acceptors (Lipinski definition) is 0. The van der Waals surface area contributed by atoms with Crippen molar-refractivity contribution in [3.05, 3.63) is 107 Å². The predicted molar refractivity (Wildman–Crippen MR) is 138 cm³/mol. The van der Waals surface area contributed by atoms with E-state index in [1.54, 1.807) is 0 Å². The van der Waals surface area contributed by atoms with Crippen molar-refractivity contribution in [2.24, 2.45) is 0 Å². The molecule has 0 bridgehead atoms. The molecule has 5 aromatic carbocycles. The normalized spacial score (nSPS) is 10.1. The van der Waals surface area contributed by atoms with Crippen LogP contribution in [0.5, 0.6) is 0 Å². The molecule has 0 amide bonds. The SMILES string of the molecule is C.C.Cc1ccc(C)c2cc3ccccc3cc12.Cc1ccc(C)c2ccccc12. The van der Waals surface area contributed by atoms with Gasteiger partial charge in [-0.2, -0.15) is 0 Å². The van der Waals surface area contributed by atoms with E-state index in [1.165, 1.54) is 54.6 Å². The van der Waals surface area contributed by atoms with Crippen LogP contribution in [-0.4, -0.2) is 0 Å².